The lowest BCUT2D eigenvalue weighted by Gasteiger charge is -2.33. The molecule has 1 fully saturated rings. The zero-order valence-corrected chi connectivity index (χ0v) is 16.9. The maximum absolute atomic E-state index is 12.8. The maximum atomic E-state index is 12.8. The third kappa shape index (κ3) is 4.98. The minimum absolute atomic E-state index is 0.0231. The molecule has 0 saturated carbocycles. The third-order valence-electron chi connectivity index (χ3n) is 4.94. The molecule has 0 atom stereocenters. The van der Waals surface area contributed by atoms with E-state index in [1.807, 2.05) is 27.7 Å². The highest BCUT2D eigenvalue weighted by Gasteiger charge is 2.33. The highest BCUT2D eigenvalue weighted by Crippen LogP contribution is 2.26. The normalized spacial score (nSPS) is 17.1. The molecule has 0 radical (unpaired) electrons. The van der Waals surface area contributed by atoms with Gasteiger partial charge in [0.15, 0.2) is 0 Å². The van der Waals surface area contributed by atoms with E-state index in [2.05, 4.69) is 5.32 Å². The number of hydrogen-bond donors (Lipinski definition) is 1. The van der Waals surface area contributed by atoms with Gasteiger partial charge in [0.25, 0.3) is 0 Å². The summed E-state index contributed by atoms with van der Waals surface area (Å²) < 4.78 is 32.4. The van der Waals surface area contributed by atoms with Crippen LogP contribution in [0.2, 0.25) is 0 Å². The van der Waals surface area contributed by atoms with E-state index in [0.29, 0.717) is 38.3 Å². The molecule has 1 heterocycles. The molecule has 1 aliphatic heterocycles. The number of piperidine rings is 1. The lowest BCUT2D eigenvalue weighted by atomic mass is 9.94. The van der Waals surface area contributed by atoms with Crippen molar-refractivity contribution in [2.45, 2.75) is 57.4 Å². The minimum atomic E-state index is -3.54. The van der Waals surface area contributed by atoms with Crippen LogP contribution in [0.3, 0.4) is 0 Å². The second kappa shape index (κ2) is 8.39. The Morgan fingerprint density at radius 3 is 2.27 bits per heavy atom. The molecule has 1 aromatic carbocycles. The average Bonchev–Trinajstić information content (AvgIpc) is 2.62. The van der Waals surface area contributed by atoms with Crippen LogP contribution < -0.4 is 10.1 Å². The number of nitrogens with zero attached hydrogens (tertiary/aromatic N) is 1. The number of carbonyl (C=O) groups excluding carboxylic acids is 1. The molecule has 0 spiro atoms. The van der Waals surface area contributed by atoms with Crippen LogP contribution in [0.15, 0.2) is 29.2 Å². The lowest BCUT2D eigenvalue weighted by molar-refractivity contribution is -0.127. The summed E-state index contributed by atoms with van der Waals surface area (Å²) in [5, 5.41) is 3.06. The molecule has 0 unspecified atom stereocenters. The van der Waals surface area contributed by atoms with E-state index in [1.165, 1.54) is 4.31 Å². The Balaban J connectivity index is 1.98. The van der Waals surface area contributed by atoms with Gasteiger partial charge in [0.1, 0.15) is 5.75 Å². The monoisotopic (exact) mass is 382 g/mol. The second-order valence-electron chi connectivity index (χ2n) is 7.31. The van der Waals surface area contributed by atoms with E-state index in [1.54, 1.807) is 24.3 Å². The van der Waals surface area contributed by atoms with Crippen molar-refractivity contribution in [3.63, 3.8) is 0 Å². The van der Waals surface area contributed by atoms with Gasteiger partial charge in [0.05, 0.1) is 11.5 Å². The molecule has 1 aromatic rings. The van der Waals surface area contributed by atoms with Crippen LogP contribution in [-0.2, 0) is 14.8 Å². The van der Waals surface area contributed by atoms with Gasteiger partial charge in [-0.05, 0) is 64.3 Å². The number of rotatable bonds is 7. The van der Waals surface area contributed by atoms with Gasteiger partial charge >= 0.3 is 0 Å². The fourth-order valence-electron chi connectivity index (χ4n) is 2.91. The van der Waals surface area contributed by atoms with Crippen LogP contribution in [-0.4, -0.2) is 43.9 Å². The van der Waals surface area contributed by atoms with Crippen molar-refractivity contribution >= 4 is 15.9 Å². The van der Waals surface area contributed by atoms with Crippen molar-refractivity contribution in [2.24, 2.45) is 5.92 Å². The minimum Gasteiger partial charge on any atom is -0.494 e. The van der Waals surface area contributed by atoms with Crippen LogP contribution in [0, 0.1) is 5.92 Å². The maximum Gasteiger partial charge on any atom is 0.243 e. The van der Waals surface area contributed by atoms with Gasteiger partial charge in [-0.3, -0.25) is 4.79 Å². The SMILES string of the molecule is CCOc1ccc(S(=O)(=O)N2CCC(C(=O)NC(C)(C)CC)CC2)cc1. The molecule has 0 bridgehead atoms. The van der Waals surface area contributed by atoms with E-state index >= 15 is 0 Å². The van der Waals surface area contributed by atoms with Gasteiger partial charge < -0.3 is 10.1 Å². The number of sulfonamides is 1. The fraction of sp³-hybridized carbons (Fsp3) is 0.632. The average molecular weight is 383 g/mol. The zero-order chi connectivity index (χ0) is 19.4. The molecule has 26 heavy (non-hydrogen) atoms. The molecule has 146 valence electrons. The Labute approximate surface area is 157 Å². The summed E-state index contributed by atoms with van der Waals surface area (Å²) in [4.78, 5) is 12.7. The third-order valence-corrected chi connectivity index (χ3v) is 6.86. The number of ether oxygens (including phenoxy) is 1. The molecule has 0 aliphatic carbocycles. The zero-order valence-electron chi connectivity index (χ0n) is 16.1. The first-order valence-electron chi connectivity index (χ1n) is 9.24. The van der Waals surface area contributed by atoms with E-state index in [-0.39, 0.29) is 22.3 Å². The van der Waals surface area contributed by atoms with Gasteiger partial charge in [-0.15, -0.1) is 0 Å². The summed E-state index contributed by atoms with van der Waals surface area (Å²) in [6.07, 6.45) is 1.94. The molecule has 2 rings (SSSR count). The van der Waals surface area contributed by atoms with Crippen molar-refractivity contribution in [2.75, 3.05) is 19.7 Å². The Hall–Kier alpha value is -1.60. The smallest absolute Gasteiger partial charge is 0.243 e. The molecular formula is C19H30N2O4S. The Kier molecular flexibility index (Phi) is 6.69. The molecule has 1 amide bonds. The molecule has 1 aliphatic rings. The number of carbonyl (C=O) groups is 1. The fourth-order valence-corrected chi connectivity index (χ4v) is 4.38. The van der Waals surface area contributed by atoms with Gasteiger partial charge in [-0.2, -0.15) is 4.31 Å². The van der Waals surface area contributed by atoms with E-state index in [4.69, 9.17) is 4.74 Å². The highest BCUT2D eigenvalue weighted by atomic mass is 32.2. The summed E-state index contributed by atoms with van der Waals surface area (Å²) in [5.74, 6) is 0.544. The summed E-state index contributed by atoms with van der Waals surface area (Å²) in [6, 6.07) is 6.48. The first kappa shape index (κ1) is 20.7. The Morgan fingerprint density at radius 1 is 1.19 bits per heavy atom. The van der Waals surface area contributed by atoms with Gasteiger partial charge in [0.2, 0.25) is 15.9 Å². The van der Waals surface area contributed by atoms with Crippen molar-refractivity contribution in [1.29, 1.82) is 0 Å². The van der Waals surface area contributed by atoms with Crippen LogP contribution in [0.1, 0.15) is 47.0 Å². The Bertz CT molecular complexity index is 706. The predicted octanol–water partition coefficient (Wildman–Crippen LogP) is 2.79. The topological polar surface area (TPSA) is 75.7 Å². The van der Waals surface area contributed by atoms with Crippen LogP contribution >= 0.6 is 0 Å². The van der Waals surface area contributed by atoms with Crippen LogP contribution in [0.25, 0.3) is 0 Å². The van der Waals surface area contributed by atoms with Gasteiger partial charge in [-0.1, -0.05) is 6.92 Å². The quantitative estimate of drug-likeness (QED) is 0.787. The predicted molar refractivity (Wildman–Crippen MR) is 102 cm³/mol. The molecule has 1 saturated heterocycles. The van der Waals surface area contributed by atoms with E-state index in [0.717, 1.165) is 6.42 Å². The molecule has 6 nitrogen and oxygen atoms in total. The number of hydrogen-bond acceptors (Lipinski definition) is 4. The van der Waals surface area contributed by atoms with Crippen molar-refractivity contribution in [3.05, 3.63) is 24.3 Å². The van der Waals surface area contributed by atoms with E-state index in [9.17, 15) is 13.2 Å². The number of benzene rings is 1. The largest absolute Gasteiger partial charge is 0.494 e. The van der Waals surface area contributed by atoms with Crippen molar-refractivity contribution in [1.82, 2.24) is 9.62 Å². The van der Waals surface area contributed by atoms with E-state index < -0.39 is 10.0 Å². The molecule has 1 N–H and O–H groups in total. The van der Waals surface area contributed by atoms with Crippen molar-refractivity contribution < 1.29 is 17.9 Å². The van der Waals surface area contributed by atoms with Crippen molar-refractivity contribution in [3.8, 4) is 5.75 Å². The number of amides is 1. The first-order chi connectivity index (χ1) is 12.2. The van der Waals surface area contributed by atoms with Crippen LogP contribution in [0.5, 0.6) is 5.75 Å². The standard InChI is InChI=1S/C19H30N2O4S/c1-5-19(3,4)20-18(22)15-11-13-21(14-12-15)26(23,24)17-9-7-16(8-10-17)25-6-2/h7-10,15H,5-6,11-14H2,1-4H3,(H,20,22). The number of nitrogens with one attached hydrogen (secondary N) is 1. The van der Waals surface area contributed by atoms with Crippen LogP contribution in [0.4, 0.5) is 0 Å². The Morgan fingerprint density at radius 2 is 1.77 bits per heavy atom. The summed E-state index contributed by atoms with van der Waals surface area (Å²) >= 11 is 0. The van der Waals surface area contributed by atoms with Gasteiger partial charge in [0, 0.05) is 24.5 Å². The summed E-state index contributed by atoms with van der Waals surface area (Å²) in [5.41, 5.74) is -0.234. The lowest BCUT2D eigenvalue weighted by Crippen LogP contribution is -2.48. The first-order valence-corrected chi connectivity index (χ1v) is 10.7. The molecule has 0 aromatic heterocycles. The highest BCUT2D eigenvalue weighted by molar-refractivity contribution is 7.89. The summed E-state index contributed by atoms with van der Waals surface area (Å²) in [6.45, 7) is 9.17. The summed E-state index contributed by atoms with van der Waals surface area (Å²) in [7, 11) is -3.54. The molecular weight excluding hydrogens is 352 g/mol. The second-order valence-corrected chi connectivity index (χ2v) is 9.25. The molecule has 7 heteroatoms. The van der Waals surface area contributed by atoms with Gasteiger partial charge in [-0.25, -0.2) is 8.42 Å².